The third-order valence-corrected chi connectivity index (χ3v) is 2.91. The van der Waals surface area contributed by atoms with E-state index in [4.69, 9.17) is 0 Å². The SMILES string of the molecule is C/C=C/C=C\C(/C=C/C)(CC)CCNCC.CC. The number of nitrogens with one attached hydrogen (secondary N) is 1. The molecule has 0 radical (unpaired) electrons. The van der Waals surface area contributed by atoms with Crippen molar-refractivity contribution >= 4 is 0 Å². The Morgan fingerprint density at radius 2 is 1.61 bits per heavy atom. The quantitative estimate of drug-likeness (QED) is 0.359. The lowest BCUT2D eigenvalue weighted by molar-refractivity contribution is 0.420. The van der Waals surface area contributed by atoms with Crippen LogP contribution < -0.4 is 5.32 Å². The highest BCUT2D eigenvalue weighted by molar-refractivity contribution is 5.15. The zero-order chi connectivity index (χ0) is 14.3. The Morgan fingerprint density at radius 1 is 0.944 bits per heavy atom. The molecule has 106 valence electrons. The molecule has 1 atom stereocenters. The first-order valence-electron chi connectivity index (χ1n) is 7.39. The fraction of sp³-hybridized carbons (Fsp3) is 0.647. The van der Waals surface area contributed by atoms with E-state index in [1.54, 1.807) is 0 Å². The Hall–Kier alpha value is -0.820. The second kappa shape index (κ2) is 14.2. The van der Waals surface area contributed by atoms with Crippen molar-refractivity contribution in [3.63, 3.8) is 0 Å². The predicted molar refractivity (Wildman–Crippen MR) is 86.0 cm³/mol. The van der Waals surface area contributed by atoms with Crippen molar-refractivity contribution in [1.82, 2.24) is 5.32 Å². The van der Waals surface area contributed by atoms with Gasteiger partial charge in [-0.15, -0.1) is 0 Å². The van der Waals surface area contributed by atoms with Gasteiger partial charge in [-0.05, 0) is 39.8 Å². The number of rotatable bonds is 8. The molecule has 0 aliphatic carbocycles. The molecule has 0 bridgehead atoms. The van der Waals surface area contributed by atoms with Gasteiger partial charge in [0.05, 0.1) is 0 Å². The van der Waals surface area contributed by atoms with Crippen molar-refractivity contribution in [3.05, 3.63) is 36.5 Å². The number of allylic oxidation sites excluding steroid dienone is 6. The molecule has 0 aliphatic heterocycles. The predicted octanol–water partition coefficient (Wildman–Crippen LogP) is 5.12. The highest BCUT2D eigenvalue weighted by Crippen LogP contribution is 2.30. The lowest BCUT2D eigenvalue weighted by Crippen LogP contribution is -2.23. The molecule has 1 N–H and O–H groups in total. The van der Waals surface area contributed by atoms with E-state index in [1.807, 2.05) is 20.8 Å². The van der Waals surface area contributed by atoms with Crippen molar-refractivity contribution in [3.8, 4) is 0 Å². The molecule has 1 nitrogen and oxygen atoms in total. The van der Waals surface area contributed by atoms with Crippen LogP contribution in [-0.2, 0) is 0 Å². The summed E-state index contributed by atoms with van der Waals surface area (Å²) in [5.41, 5.74) is 0.219. The average molecular weight is 251 g/mol. The molecular formula is C17H33N. The molecule has 0 aromatic rings. The van der Waals surface area contributed by atoms with Crippen molar-refractivity contribution in [2.24, 2.45) is 5.41 Å². The average Bonchev–Trinajstić information content (AvgIpc) is 2.41. The van der Waals surface area contributed by atoms with Crippen molar-refractivity contribution < 1.29 is 0 Å². The van der Waals surface area contributed by atoms with Gasteiger partial charge in [0.1, 0.15) is 0 Å². The standard InChI is InChI=1S/C15H27N.C2H6/c1-5-9-10-12-15(7-3,11-6-2)13-14-16-8-4;1-2/h5-6,9-12,16H,7-8,13-14H2,1-4H3;1-2H3/b9-5+,11-6+,12-10-;. The summed E-state index contributed by atoms with van der Waals surface area (Å²) < 4.78 is 0. The molecule has 1 heteroatoms. The van der Waals surface area contributed by atoms with E-state index in [0.29, 0.717) is 0 Å². The molecule has 0 rings (SSSR count). The van der Waals surface area contributed by atoms with Crippen LogP contribution in [0.15, 0.2) is 36.5 Å². The van der Waals surface area contributed by atoms with Crippen LogP contribution in [0, 0.1) is 5.41 Å². The fourth-order valence-electron chi connectivity index (χ4n) is 1.82. The normalized spacial score (nSPS) is 15.0. The van der Waals surface area contributed by atoms with Gasteiger partial charge in [-0.1, -0.05) is 64.2 Å². The molecule has 0 aromatic heterocycles. The maximum Gasteiger partial charge on any atom is 0.00733 e. The van der Waals surface area contributed by atoms with Gasteiger partial charge >= 0.3 is 0 Å². The van der Waals surface area contributed by atoms with Gasteiger partial charge in [0.2, 0.25) is 0 Å². The molecule has 0 saturated carbocycles. The smallest absolute Gasteiger partial charge is 0.00733 e. The van der Waals surface area contributed by atoms with Gasteiger partial charge in [0, 0.05) is 5.41 Å². The Bertz CT molecular complexity index is 238. The Labute approximate surface area is 115 Å². The maximum absolute atomic E-state index is 3.40. The zero-order valence-electron chi connectivity index (χ0n) is 13.3. The number of hydrogen-bond acceptors (Lipinski definition) is 1. The first kappa shape index (κ1) is 19.5. The van der Waals surface area contributed by atoms with Gasteiger partial charge < -0.3 is 5.32 Å². The highest BCUT2D eigenvalue weighted by atomic mass is 14.8. The van der Waals surface area contributed by atoms with Crippen molar-refractivity contribution in [1.29, 1.82) is 0 Å². The summed E-state index contributed by atoms with van der Waals surface area (Å²) in [5.74, 6) is 0. The summed E-state index contributed by atoms with van der Waals surface area (Å²) in [5, 5.41) is 3.40. The molecule has 0 aliphatic rings. The lowest BCUT2D eigenvalue weighted by Gasteiger charge is -2.26. The van der Waals surface area contributed by atoms with Crippen LogP contribution in [0.25, 0.3) is 0 Å². The monoisotopic (exact) mass is 251 g/mol. The number of hydrogen-bond donors (Lipinski definition) is 1. The van der Waals surface area contributed by atoms with Crippen LogP contribution in [0.4, 0.5) is 0 Å². The molecule has 0 amide bonds. The minimum absolute atomic E-state index is 0.219. The minimum atomic E-state index is 0.219. The van der Waals surface area contributed by atoms with Gasteiger partial charge in [-0.2, -0.15) is 0 Å². The zero-order valence-corrected chi connectivity index (χ0v) is 13.3. The van der Waals surface area contributed by atoms with Gasteiger partial charge in [0.25, 0.3) is 0 Å². The van der Waals surface area contributed by atoms with Crippen LogP contribution >= 0.6 is 0 Å². The molecule has 0 heterocycles. The van der Waals surface area contributed by atoms with E-state index < -0.39 is 0 Å². The van der Waals surface area contributed by atoms with E-state index >= 15 is 0 Å². The minimum Gasteiger partial charge on any atom is -0.317 e. The van der Waals surface area contributed by atoms with Crippen LogP contribution in [0.3, 0.4) is 0 Å². The third-order valence-electron chi connectivity index (χ3n) is 2.91. The first-order chi connectivity index (χ1) is 8.74. The summed E-state index contributed by atoms with van der Waals surface area (Å²) in [6.07, 6.45) is 15.4. The summed E-state index contributed by atoms with van der Waals surface area (Å²) in [4.78, 5) is 0. The third kappa shape index (κ3) is 9.23. The second-order valence-corrected chi connectivity index (χ2v) is 4.08. The van der Waals surface area contributed by atoms with E-state index in [1.165, 1.54) is 0 Å². The summed E-state index contributed by atoms with van der Waals surface area (Å²) >= 11 is 0. The summed E-state index contributed by atoms with van der Waals surface area (Å²) in [7, 11) is 0. The van der Waals surface area contributed by atoms with E-state index in [2.05, 4.69) is 62.5 Å². The van der Waals surface area contributed by atoms with Crippen molar-refractivity contribution in [2.75, 3.05) is 13.1 Å². The molecule has 18 heavy (non-hydrogen) atoms. The molecule has 0 spiro atoms. The largest absolute Gasteiger partial charge is 0.317 e. The van der Waals surface area contributed by atoms with E-state index in [0.717, 1.165) is 25.9 Å². The summed E-state index contributed by atoms with van der Waals surface area (Å²) in [6, 6.07) is 0. The lowest BCUT2D eigenvalue weighted by atomic mass is 9.81. The molecule has 0 fully saturated rings. The van der Waals surface area contributed by atoms with E-state index in [-0.39, 0.29) is 5.41 Å². The van der Waals surface area contributed by atoms with Crippen molar-refractivity contribution in [2.45, 2.75) is 54.4 Å². The van der Waals surface area contributed by atoms with Crippen LogP contribution in [0.5, 0.6) is 0 Å². The summed E-state index contributed by atoms with van der Waals surface area (Å²) in [6.45, 7) is 14.7. The molecular weight excluding hydrogens is 218 g/mol. The van der Waals surface area contributed by atoms with Crippen LogP contribution in [0.1, 0.15) is 54.4 Å². The molecule has 1 unspecified atom stereocenters. The van der Waals surface area contributed by atoms with E-state index in [9.17, 15) is 0 Å². The highest BCUT2D eigenvalue weighted by Gasteiger charge is 2.20. The van der Waals surface area contributed by atoms with Gasteiger partial charge in [0.15, 0.2) is 0 Å². The molecule has 0 saturated heterocycles. The fourth-order valence-corrected chi connectivity index (χ4v) is 1.82. The van der Waals surface area contributed by atoms with Gasteiger partial charge in [-0.25, -0.2) is 0 Å². The Kier molecular flexibility index (Phi) is 15.4. The first-order valence-corrected chi connectivity index (χ1v) is 7.39. The second-order valence-electron chi connectivity index (χ2n) is 4.08. The topological polar surface area (TPSA) is 12.0 Å². The maximum atomic E-state index is 3.40. The van der Waals surface area contributed by atoms with Crippen LogP contribution in [0.2, 0.25) is 0 Å². The Morgan fingerprint density at radius 3 is 2.06 bits per heavy atom. The Balaban J connectivity index is 0. The van der Waals surface area contributed by atoms with Gasteiger partial charge in [-0.3, -0.25) is 0 Å². The van der Waals surface area contributed by atoms with Crippen LogP contribution in [-0.4, -0.2) is 13.1 Å². The molecule has 0 aromatic carbocycles.